The fourth-order valence-electron chi connectivity index (χ4n) is 3.43. The van der Waals surface area contributed by atoms with Gasteiger partial charge in [0.15, 0.2) is 10.6 Å². The third-order valence-electron chi connectivity index (χ3n) is 5.02. The Balaban J connectivity index is 1.44. The first-order chi connectivity index (χ1) is 17.0. The maximum absolute atomic E-state index is 12.7. The summed E-state index contributed by atoms with van der Waals surface area (Å²) in [6.07, 6.45) is 1.42. The lowest BCUT2D eigenvalue weighted by Crippen LogP contribution is -2.15. The molecule has 0 saturated heterocycles. The average molecular weight is 490 g/mol. The highest BCUT2D eigenvalue weighted by Gasteiger charge is 2.21. The lowest BCUT2D eigenvalue weighted by Gasteiger charge is -2.08. The van der Waals surface area contributed by atoms with Gasteiger partial charge in [-0.05, 0) is 25.1 Å². The molecule has 0 amide bonds. The van der Waals surface area contributed by atoms with Crippen molar-refractivity contribution in [2.45, 2.75) is 13.5 Å². The van der Waals surface area contributed by atoms with Crippen molar-refractivity contribution < 1.29 is 23.8 Å². The molecular weight excluding hydrogens is 472 g/mol. The van der Waals surface area contributed by atoms with E-state index in [-0.39, 0.29) is 23.1 Å². The van der Waals surface area contributed by atoms with Crippen LogP contribution in [-0.4, -0.2) is 37.7 Å². The lowest BCUT2D eigenvalue weighted by molar-refractivity contribution is 0.0696. The maximum atomic E-state index is 12.7. The standard InChI is InChI=1S/C24H18N4O6S/c1-2-32-17-9-8-15-10-18(24(31)34-19(15)11-17)28-16(12-25-27-28)13-33-21-20(23(29)30)35-22(26-21)14-6-4-3-5-7-14/h3-12H,2,13H2,1H3,(H,29,30). The Morgan fingerprint density at radius 1 is 1.14 bits per heavy atom. The number of carboxylic acids is 1. The molecule has 10 nitrogen and oxygen atoms in total. The zero-order valence-corrected chi connectivity index (χ0v) is 19.2. The Hall–Kier alpha value is -4.51. The van der Waals surface area contributed by atoms with Crippen molar-refractivity contribution in [3.63, 3.8) is 0 Å². The molecule has 0 fully saturated rings. The Morgan fingerprint density at radius 2 is 1.97 bits per heavy atom. The summed E-state index contributed by atoms with van der Waals surface area (Å²) in [4.78, 5) is 28.8. The molecule has 0 bridgehead atoms. The molecule has 11 heteroatoms. The first kappa shape index (κ1) is 22.3. The second kappa shape index (κ2) is 9.39. The van der Waals surface area contributed by atoms with E-state index in [1.807, 2.05) is 37.3 Å². The summed E-state index contributed by atoms with van der Waals surface area (Å²) in [6.45, 7) is 2.24. The molecule has 0 aliphatic carbocycles. The summed E-state index contributed by atoms with van der Waals surface area (Å²) in [5.74, 6) is -0.575. The molecule has 1 N–H and O–H groups in total. The van der Waals surface area contributed by atoms with Crippen molar-refractivity contribution in [3.8, 4) is 27.9 Å². The number of carboxylic acid groups (broad SMARTS) is 1. The monoisotopic (exact) mass is 490 g/mol. The molecule has 3 aromatic heterocycles. The van der Waals surface area contributed by atoms with Crippen LogP contribution in [0.15, 0.2) is 70.0 Å². The van der Waals surface area contributed by atoms with E-state index in [0.29, 0.717) is 34.0 Å². The van der Waals surface area contributed by atoms with Crippen LogP contribution in [-0.2, 0) is 6.61 Å². The van der Waals surface area contributed by atoms with Gasteiger partial charge in [-0.15, -0.1) is 16.4 Å². The van der Waals surface area contributed by atoms with E-state index in [9.17, 15) is 14.7 Å². The van der Waals surface area contributed by atoms with E-state index in [1.54, 1.807) is 24.3 Å². The number of aromatic carboxylic acids is 1. The van der Waals surface area contributed by atoms with Gasteiger partial charge < -0.3 is 19.0 Å². The number of fused-ring (bicyclic) bond motifs is 1. The number of hydrogen-bond acceptors (Lipinski definition) is 9. The number of nitrogens with zero attached hydrogens (tertiary/aromatic N) is 4. The minimum absolute atomic E-state index is 0.0249. The van der Waals surface area contributed by atoms with Crippen molar-refractivity contribution in [1.29, 1.82) is 0 Å². The van der Waals surface area contributed by atoms with Gasteiger partial charge in [-0.25, -0.2) is 19.3 Å². The summed E-state index contributed by atoms with van der Waals surface area (Å²) in [7, 11) is 0. The van der Waals surface area contributed by atoms with E-state index < -0.39 is 11.6 Å². The zero-order chi connectivity index (χ0) is 24.4. The lowest BCUT2D eigenvalue weighted by atomic mass is 10.2. The first-order valence-electron chi connectivity index (χ1n) is 10.6. The second-order valence-corrected chi connectivity index (χ2v) is 8.30. The SMILES string of the molecule is CCOc1ccc2cc(-n3nncc3COc3nc(-c4ccccc4)sc3C(=O)O)c(=O)oc2c1. The number of ether oxygens (including phenoxy) is 2. The van der Waals surface area contributed by atoms with Gasteiger partial charge in [-0.1, -0.05) is 35.5 Å². The molecule has 0 aliphatic heterocycles. The Labute approximate surface area is 202 Å². The zero-order valence-electron chi connectivity index (χ0n) is 18.4. The molecule has 0 atom stereocenters. The first-order valence-corrected chi connectivity index (χ1v) is 11.4. The van der Waals surface area contributed by atoms with Crippen LogP contribution in [0.25, 0.3) is 27.2 Å². The summed E-state index contributed by atoms with van der Waals surface area (Å²) in [5.41, 5.74) is 1.09. The normalized spacial score (nSPS) is 11.0. The quantitative estimate of drug-likeness (QED) is 0.318. The minimum atomic E-state index is -1.15. The van der Waals surface area contributed by atoms with Crippen LogP contribution in [0.2, 0.25) is 0 Å². The van der Waals surface area contributed by atoms with Crippen LogP contribution < -0.4 is 15.1 Å². The Morgan fingerprint density at radius 3 is 2.74 bits per heavy atom. The van der Waals surface area contributed by atoms with Gasteiger partial charge in [0, 0.05) is 17.0 Å². The van der Waals surface area contributed by atoms with Gasteiger partial charge in [-0.2, -0.15) is 0 Å². The van der Waals surface area contributed by atoms with Crippen molar-refractivity contribution >= 4 is 28.3 Å². The Kier molecular flexibility index (Phi) is 5.98. The minimum Gasteiger partial charge on any atom is -0.494 e. The fraction of sp³-hybridized carbons (Fsp3) is 0.125. The molecule has 0 unspecified atom stereocenters. The van der Waals surface area contributed by atoms with Gasteiger partial charge in [0.25, 0.3) is 0 Å². The molecule has 35 heavy (non-hydrogen) atoms. The topological polar surface area (TPSA) is 130 Å². The molecule has 0 saturated carbocycles. The molecule has 0 aliphatic rings. The second-order valence-electron chi connectivity index (χ2n) is 7.30. The van der Waals surface area contributed by atoms with E-state index in [2.05, 4.69) is 15.3 Å². The largest absolute Gasteiger partial charge is 0.494 e. The number of carbonyl (C=O) groups is 1. The van der Waals surface area contributed by atoms with Crippen molar-refractivity contribution in [2.75, 3.05) is 6.61 Å². The third-order valence-corrected chi connectivity index (χ3v) is 6.09. The van der Waals surface area contributed by atoms with E-state index in [0.717, 1.165) is 16.9 Å². The van der Waals surface area contributed by atoms with E-state index in [4.69, 9.17) is 13.9 Å². The summed E-state index contributed by atoms with van der Waals surface area (Å²) in [6, 6.07) is 16.1. The molecule has 3 heterocycles. The summed E-state index contributed by atoms with van der Waals surface area (Å²) >= 11 is 1.02. The molecular formula is C24H18N4O6S. The molecule has 5 aromatic rings. The molecule has 0 radical (unpaired) electrons. The van der Waals surface area contributed by atoms with Gasteiger partial charge in [0.1, 0.15) is 28.6 Å². The van der Waals surface area contributed by atoms with E-state index in [1.165, 1.54) is 10.9 Å². The highest BCUT2D eigenvalue weighted by Crippen LogP contribution is 2.33. The molecule has 2 aromatic carbocycles. The fourth-order valence-corrected chi connectivity index (χ4v) is 4.28. The number of benzene rings is 2. The van der Waals surface area contributed by atoms with Gasteiger partial charge in [-0.3, -0.25) is 0 Å². The maximum Gasteiger partial charge on any atom is 0.362 e. The van der Waals surface area contributed by atoms with Crippen molar-refractivity contribution in [3.05, 3.63) is 81.8 Å². The number of aromatic nitrogens is 4. The van der Waals surface area contributed by atoms with Crippen LogP contribution in [0.1, 0.15) is 22.3 Å². The predicted octanol–water partition coefficient (Wildman–Crippen LogP) is 4.17. The third kappa shape index (κ3) is 4.49. The number of hydrogen-bond donors (Lipinski definition) is 1. The predicted molar refractivity (Wildman–Crippen MR) is 127 cm³/mol. The molecule has 5 rings (SSSR count). The number of thiazole rings is 1. The summed E-state index contributed by atoms with van der Waals surface area (Å²) < 4.78 is 18.0. The van der Waals surface area contributed by atoms with Gasteiger partial charge >= 0.3 is 11.6 Å². The van der Waals surface area contributed by atoms with E-state index >= 15 is 0 Å². The highest BCUT2D eigenvalue weighted by atomic mass is 32.1. The molecule has 0 spiro atoms. The van der Waals surface area contributed by atoms with Crippen LogP contribution in [0.4, 0.5) is 0 Å². The number of rotatable bonds is 8. The van der Waals surface area contributed by atoms with Crippen LogP contribution in [0.3, 0.4) is 0 Å². The summed E-state index contributed by atoms with van der Waals surface area (Å²) in [5, 5.41) is 18.7. The van der Waals surface area contributed by atoms with Crippen LogP contribution >= 0.6 is 11.3 Å². The van der Waals surface area contributed by atoms with Crippen LogP contribution in [0, 0.1) is 0 Å². The van der Waals surface area contributed by atoms with Crippen molar-refractivity contribution in [2.24, 2.45) is 0 Å². The highest BCUT2D eigenvalue weighted by molar-refractivity contribution is 7.17. The van der Waals surface area contributed by atoms with Crippen molar-refractivity contribution in [1.82, 2.24) is 20.0 Å². The van der Waals surface area contributed by atoms with Crippen LogP contribution in [0.5, 0.6) is 11.6 Å². The Bertz CT molecular complexity index is 1570. The molecule has 176 valence electrons. The average Bonchev–Trinajstić information content (AvgIpc) is 3.50. The van der Waals surface area contributed by atoms with Gasteiger partial charge in [0.2, 0.25) is 5.88 Å². The smallest absolute Gasteiger partial charge is 0.362 e. The van der Waals surface area contributed by atoms with Gasteiger partial charge in [0.05, 0.1) is 12.8 Å².